The summed E-state index contributed by atoms with van der Waals surface area (Å²) in [7, 11) is 3.28. The number of halogens is 1. The van der Waals surface area contributed by atoms with Crippen LogP contribution < -0.4 is 29.6 Å². The summed E-state index contributed by atoms with van der Waals surface area (Å²) >= 11 is 0. The first-order chi connectivity index (χ1) is 14.2. The normalized spacial score (nSPS) is 12.2. The second kappa shape index (κ2) is 12.4. The minimum Gasteiger partial charge on any atom is -0.493 e. The van der Waals surface area contributed by atoms with Gasteiger partial charge in [0.2, 0.25) is 6.79 Å². The van der Waals surface area contributed by atoms with Crippen LogP contribution in [-0.2, 0) is 12.8 Å². The average molecular weight is 527 g/mol. The van der Waals surface area contributed by atoms with E-state index in [1.807, 2.05) is 30.3 Å². The fraction of sp³-hybridized carbons (Fsp3) is 0.409. The topological polar surface area (TPSA) is 73.3 Å². The molecule has 0 fully saturated rings. The Morgan fingerprint density at radius 2 is 1.67 bits per heavy atom. The number of hydrogen-bond acceptors (Lipinski definition) is 5. The molecule has 0 unspecified atom stereocenters. The van der Waals surface area contributed by atoms with Crippen molar-refractivity contribution in [1.82, 2.24) is 10.6 Å². The molecule has 0 aliphatic carbocycles. The van der Waals surface area contributed by atoms with Crippen LogP contribution in [0.5, 0.6) is 23.0 Å². The van der Waals surface area contributed by atoms with Crippen LogP contribution in [-0.4, -0.2) is 46.6 Å². The molecule has 0 bridgehead atoms. The highest BCUT2D eigenvalue weighted by Gasteiger charge is 2.13. The lowest BCUT2D eigenvalue weighted by molar-refractivity contribution is 0.174. The van der Waals surface area contributed by atoms with Crippen molar-refractivity contribution in [2.24, 2.45) is 4.99 Å². The van der Waals surface area contributed by atoms with Gasteiger partial charge in [-0.3, -0.25) is 4.99 Å². The number of aliphatic imine (C=N–C) groups is 1. The number of ether oxygens (including phenoxy) is 4. The Labute approximate surface area is 195 Å². The molecule has 1 aliphatic rings. The van der Waals surface area contributed by atoms with Crippen molar-refractivity contribution in [3.8, 4) is 23.0 Å². The third-order valence-electron chi connectivity index (χ3n) is 4.61. The largest absolute Gasteiger partial charge is 0.493 e. The molecule has 164 valence electrons. The van der Waals surface area contributed by atoms with Crippen LogP contribution in [0.15, 0.2) is 41.4 Å². The molecule has 0 saturated heterocycles. The molecule has 2 aromatic carbocycles. The van der Waals surface area contributed by atoms with E-state index in [9.17, 15) is 0 Å². The number of benzene rings is 2. The predicted octanol–water partition coefficient (Wildman–Crippen LogP) is 3.39. The maximum atomic E-state index is 5.44. The monoisotopic (exact) mass is 527 g/mol. The van der Waals surface area contributed by atoms with Crippen LogP contribution in [0.2, 0.25) is 0 Å². The minimum atomic E-state index is 0. The first kappa shape index (κ1) is 23.9. The highest BCUT2D eigenvalue weighted by Crippen LogP contribution is 2.32. The summed E-state index contributed by atoms with van der Waals surface area (Å²) in [6.45, 7) is 4.63. The van der Waals surface area contributed by atoms with Crippen molar-refractivity contribution in [2.75, 3.05) is 40.6 Å². The number of guanidine groups is 1. The van der Waals surface area contributed by atoms with Crippen LogP contribution >= 0.6 is 24.0 Å². The predicted molar refractivity (Wildman–Crippen MR) is 129 cm³/mol. The quantitative estimate of drug-likeness (QED) is 0.296. The van der Waals surface area contributed by atoms with Gasteiger partial charge in [0.1, 0.15) is 0 Å². The molecule has 0 amide bonds. The maximum Gasteiger partial charge on any atom is 0.231 e. The Balaban J connectivity index is 0.00000320. The van der Waals surface area contributed by atoms with Crippen molar-refractivity contribution in [3.63, 3.8) is 0 Å². The van der Waals surface area contributed by atoms with Crippen LogP contribution in [0.1, 0.15) is 18.1 Å². The van der Waals surface area contributed by atoms with Crippen LogP contribution in [0.25, 0.3) is 0 Å². The van der Waals surface area contributed by atoms with Gasteiger partial charge in [-0.05, 0) is 55.2 Å². The van der Waals surface area contributed by atoms with Crippen LogP contribution in [0.4, 0.5) is 0 Å². The summed E-state index contributed by atoms with van der Waals surface area (Å²) in [4.78, 5) is 4.67. The Hall–Kier alpha value is -2.36. The zero-order valence-electron chi connectivity index (χ0n) is 17.7. The van der Waals surface area contributed by atoms with E-state index in [1.54, 1.807) is 14.2 Å². The Morgan fingerprint density at radius 3 is 2.43 bits per heavy atom. The van der Waals surface area contributed by atoms with Crippen molar-refractivity contribution in [3.05, 3.63) is 47.5 Å². The number of methoxy groups -OCH3 is 2. The molecule has 2 N–H and O–H groups in total. The number of fused-ring (bicyclic) bond motifs is 1. The lowest BCUT2D eigenvalue weighted by Crippen LogP contribution is -2.38. The molecule has 7 nitrogen and oxygen atoms in total. The summed E-state index contributed by atoms with van der Waals surface area (Å²) in [5.41, 5.74) is 2.35. The van der Waals surface area contributed by atoms with Crippen molar-refractivity contribution in [2.45, 2.75) is 19.8 Å². The number of nitrogens with zero attached hydrogens (tertiary/aromatic N) is 1. The molecule has 8 heteroatoms. The molecule has 0 spiro atoms. The second-order valence-corrected chi connectivity index (χ2v) is 6.56. The molecular weight excluding hydrogens is 497 g/mol. The van der Waals surface area contributed by atoms with Gasteiger partial charge in [0.25, 0.3) is 0 Å². The molecule has 0 atom stereocenters. The minimum absolute atomic E-state index is 0. The van der Waals surface area contributed by atoms with Crippen LogP contribution in [0, 0.1) is 0 Å². The summed E-state index contributed by atoms with van der Waals surface area (Å²) in [5.74, 6) is 3.92. The van der Waals surface area contributed by atoms with Crippen LogP contribution in [0.3, 0.4) is 0 Å². The van der Waals surface area contributed by atoms with Gasteiger partial charge in [-0.25, -0.2) is 0 Å². The average Bonchev–Trinajstić information content (AvgIpc) is 3.21. The summed E-state index contributed by atoms with van der Waals surface area (Å²) in [5, 5.41) is 6.67. The fourth-order valence-electron chi connectivity index (χ4n) is 3.10. The van der Waals surface area contributed by atoms with E-state index in [1.165, 1.54) is 5.56 Å². The van der Waals surface area contributed by atoms with Crippen molar-refractivity contribution < 1.29 is 18.9 Å². The number of nitrogens with one attached hydrogen (secondary N) is 2. The Morgan fingerprint density at radius 1 is 0.933 bits per heavy atom. The van der Waals surface area contributed by atoms with E-state index in [4.69, 9.17) is 18.9 Å². The summed E-state index contributed by atoms with van der Waals surface area (Å²) in [6.07, 6.45) is 1.69. The Kier molecular flexibility index (Phi) is 9.85. The first-order valence-electron chi connectivity index (χ1n) is 9.85. The molecule has 0 radical (unpaired) electrons. The van der Waals surface area contributed by atoms with Gasteiger partial charge < -0.3 is 29.6 Å². The van der Waals surface area contributed by atoms with Gasteiger partial charge in [0, 0.05) is 19.6 Å². The maximum absolute atomic E-state index is 5.44. The van der Waals surface area contributed by atoms with E-state index < -0.39 is 0 Å². The third kappa shape index (κ3) is 6.58. The van der Waals surface area contributed by atoms with Gasteiger partial charge in [0.05, 0.1) is 14.2 Å². The van der Waals surface area contributed by atoms with E-state index in [0.717, 1.165) is 60.5 Å². The number of rotatable bonds is 9. The lowest BCUT2D eigenvalue weighted by Gasteiger charge is -2.12. The van der Waals surface area contributed by atoms with Gasteiger partial charge in [-0.2, -0.15) is 0 Å². The third-order valence-corrected chi connectivity index (χ3v) is 4.61. The lowest BCUT2D eigenvalue weighted by atomic mass is 10.1. The van der Waals surface area contributed by atoms with E-state index in [2.05, 4.69) is 28.6 Å². The highest BCUT2D eigenvalue weighted by molar-refractivity contribution is 14.0. The smallest absolute Gasteiger partial charge is 0.231 e. The van der Waals surface area contributed by atoms with E-state index >= 15 is 0 Å². The first-order valence-corrected chi connectivity index (χ1v) is 9.85. The molecule has 1 heterocycles. The molecule has 1 aliphatic heterocycles. The van der Waals surface area contributed by atoms with E-state index in [0.29, 0.717) is 13.3 Å². The summed E-state index contributed by atoms with van der Waals surface area (Å²) in [6, 6.07) is 12.0. The molecule has 3 rings (SSSR count). The second-order valence-electron chi connectivity index (χ2n) is 6.56. The molecule has 0 aromatic heterocycles. The van der Waals surface area contributed by atoms with Gasteiger partial charge >= 0.3 is 0 Å². The Bertz CT molecular complexity index is 845. The standard InChI is InChI=1S/C22H29N3O4.HI/c1-4-23-22(24-11-9-16-5-7-18(26-2)20(13-16)27-3)25-12-10-17-6-8-19-21(14-17)29-15-28-19;/h5-8,13-14H,4,9-12,15H2,1-3H3,(H2,23,24,25);1H. The zero-order valence-corrected chi connectivity index (χ0v) is 20.0. The molecular formula is C22H30IN3O4. The SMILES string of the molecule is CCNC(=NCCc1ccc(OC)c(OC)c1)NCCc1ccc2c(c1)OCO2.I. The highest BCUT2D eigenvalue weighted by atomic mass is 127. The van der Waals surface area contributed by atoms with Gasteiger partial charge in [-0.15, -0.1) is 24.0 Å². The molecule has 0 saturated carbocycles. The van der Waals surface area contributed by atoms with Gasteiger partial charge in [-0.1, -0.05) is 12.1 Å². The van der Waals surface area contributed by atoms with E-state index in [-0.39, 0.29) is 24.0 Å². The van der Waals surface area contributed by atoms with Gasteiger partial charge in [0.15, 0.2) is 29.0 Å². The fourth-order valence-corrected chi connectivity index (χ4v) is 3.10. The van der Waals surface area contributed by atoms with Crippen molar-refractivity contribution >= 4 is 29.9 Å². The summed E-state index contributed by atoms with van der Waals surface area (Å²) < 4.78 is 21.4. The molecule has 30 heavy (non-hydrogen) atoms. The number of hydrogen-bond donors (Lipinski definition) is 2. The zero-order chi connectivity index (χ0) is 20.5. The van der Waals surface area contributed by atoms with Crippen molar-refractivity contribution in [1.29, 1.82) is 0 Å². The molecule has 2 aromatic rings.